The third kappa shape index (κ3) is 25.1. The Balaban J connectivity index is 0.000000214. The van der Waals surface area contributed by atoms with Gasteiger partial charge in [-0.05, 0) is 144 Å². The summed E-state index contributed by atoms with van der Waals surface area (Å²) in [6, 6.07) is 50.2. The minimum absolute atomic E-state index is 0.00658. The first-order valence-electron chi connectivity index (χ1n) is 35.0. The maximum atomic E-state index is 13.5. The summed E-state index contributed by atoms with van der Waals surface area (Å²) in [5, 5.41) is 54.6. The molecule has 28 nitrogen and oxygen atoms in total. The van der Waals surface area contributed by atoms with Gasteiger partial charge in [0.1, 0.15) is 59.2 Å². The monoisotopic (exact) mass is 1460 g/mol. The Hall–Kier alpha value is -14.2. The van der Waals surface area contributed by atoms with E-state index in [4.69, 9.17) is 36.6 Å². The molecule has 0 unspecified atom stereocenters. The van der Waals surface area contributed by atoms with Gasteiger partial charge < -0.3 is 41.0 Å². The fourth-order valence-electron chi connectivity index (χ4n) is 8.61. The van der Waals surface area contributed by atoms with Gasteiger partial charge in [-0.1, -0.05) is 109 Å². The van der Waals surface area contributed by atoms with E-state index in [9.17, 15) is 77.2 Å². The number of nitro benzene ring substituents is 4. The first kappa shape index (κ1) is 67.6. The van der Waals surface area contributed by atoms with Crippen LogP contribution >= 0.6 is 0 Å². The number of nitrogens with one attached hydrogen (secondary N) is 4. The van der Waals surface area contributed by atoms with Gasteiger partial charge in [-0.3, -0.25) is 60.9 Å². The van der Waals surface area contributed by atoms with Crippen LogP contribution in [0.15, 0.2) is 231 Å². The fraction of sp³-hybridized carbons (Fsp3) is 0.135. The molecule has 0 aromatic heterocycles. The lowest BCUT2D eigenvalue weighted by atomic mass is 10.1. The number of rotatable bonds is 24. The van der Waals surface area contributed by atoms with E-state index in [0.29, 0.717) is 20.9 Å². The largest absolute Gasteiger partial charge is 0.450 e. The molecule has 10 aromatic carbocycles. The van der Waals surface area contributed by atoms with Crippen molar-refractivity contribution < 1.29 is 86.3 Å². The molecule has 0 spiro atoms. The number of benzene rings is 10. The first-order valence-corrected chi connectivity index (χ1v) is 31.0. The van der Waals surface area contributed by atoms with Gasteiger partial charge >= 0.3 is 24.4 Å². The number of hydrogen-bond donors (Lipinski definition) is 6. The lowest BCUT2D eigenvalue weighted by Crippen LogP contribution is -2.31. The normalized spacial score (nSPS) is 11.9. The van der Waals surface area contributed by atoms with Gasteiger partial charge in [-0.15, -0.1) is 0 Å². The highest BCUT2D eigenvalue weighted by atomic mass is 19.1. The van der Waals surface area contributed by atoms with Crippen LogP contribution in [0.1, 0.15) is 58.2 Å². The summed E-state index contributed by atoms with van der Waals surface area (Å²) in [5.74, 6) is -2.18. The molecule has 0 saturated heterocycles. The summed E-state index contributed by atoms with van der Waals surface area (Å²) in [6.45, 7) is -6.28. The van der Waals surface area contributed by atoms with Crippen molar-refractivity contribution in [3.05, 3.63) is 328 Å². The van der Waals surface area contributed by atoms with Gasteiger partial charge in [0, 0.05) is 48.6 Å². The van der Waals surface area contributed by atoms with Crippen molar-refractivity contribution in [3.63, 3.8) is 0 Å². The molecule has 0 heterocycles. The predicted octanol–water partition coefficient (Wildman–Crippen LogP) is 17.1. The number of ether oxygens (including phenoxy) is 4. The zero-order valence-electron chi connectivity index (χ0n) is 63.6. The van der Waals surface area contributed by atoms with E-state index in [0.717, 1.165) is 91.0 Å². The zero-order valence-corrected chi connectivity index (χ0v) is 55.6. The number of nitrogen functional groups attached to an aromatic ring is 2. The smallest absolute Gasteiger partial charge is 0.414 e. The molecule has 106 heavy (non-hydrogen) atoms. The molecule has 0 saturated carbocycles. The fourth-order valence-corrected chi connectivity index (χ4v) is 8.61. The number of nitrogens with two attached hydrogens (primary N) is 2. The minimum atomic E-state index is -2.61. The van der Waals surface area contributed by atoms with Crippen LogP contribution in [0.2, 0.25) is 0 Å². The van der Waals surface area contributed by atoms with Crippen molar-refractivity contribution in [2.45, 2.75) is 53.0 Å². The molecule has 0 bridgehead atoms. The molecule has 8 N–H and O–H groups in total. The molecule has 0 radical (unpaired) electrons. The SMILES string of the molecule is [2H]C([2H])(Nc1ccc(N)c([N+](=O)[O-])c1)c1ccc(F)cc1.[2H]C([2H])(Nc1ccc(NC(=O)OCC)c([N+](=O)[O-])c1)c1ccc(F)cc1.[2H]C([2H])(c1ccc(F)cc1)N(C(=O)OCc1ccccc1)c1ccc(N)c([N+](=O)[O-])c1.[2H]C([2H])(c1ccc(F)cc1)N(C(=O)OCc1ccccc1)c1ccc(NC(=O)OCC)c([N+](=O)[O-])c1. The highest BCUT2D eigenvalue weighted by Gasteiger charge is 2.26. The number of nitrogens with zero attached hydrogens (tertiary/aromatic N) is 6. The molecule has 0 aliphatic carbocycles. The summed E-state index contributed by atoms with van der Waals surface area (Å²) in [7, 11) is 0. The molecule has 0 aliphatic heterocycles. The maximum Gasteiger partial charge on any atom is 0.414 e. The van der Waals surface area contributed by atoms with Crippen molar-refractivity contribution >= 4 is 92.6 Å². The Morgan fingerprint density at radius 3 is 1.08 bits per heavy atom. The van der Waals surface area contributed by atoms with E-state index in [1.54, 1.807) is 74.5 Å². The first-order chi connectivity index (χ1) is 53.8. The molecule has 4 amide bonds. The number of anilines is 8. The number of amides is 4. The third-order valence-corrected chi connectivity index (χ3v) is 13.7. The molecule has 0 fully saturated rings. The van der Waals surface area contributed by atoms with Crippen LogP contribution in [0.3, 0.4) is 0 Å². The topological polar surface area (TPSA) is 384 Å². The lowest BCUT2D eigenvalue weighted by molar-refractivity contribution is -0.384. The average Bonchev–Trinajstić information content (AvgIpc) is 0.777. The summed E-state index contributed by atoms with van der Waals surface area (Å²) >= 11 is 0. The number of carbonyl (C=O) groups excluding carboxylic acids is 4. The summed E-state index contributed by atoms with van der Waals surface area (Å²) < 4.78 is 139. The predicted molar refractivity (Wildman–Crippen MR) is 388 cm³/mol. The molecule has 0 atom stereocenters. The summed E-state index contributed by atoms with van der Waals surface area (Å²) in [5.41, 5.74) is 10.2. The van der Waals surface area contributed by atoms with Crippen LogP contribution in [-0.4, -0.2) is 57.3 Å². The number of nitro groups is 4. The van der Waals surface area contributed by atoms with E-state index < -0.39 is 110 Å². The third-order valence-electron chi connectivity index (χ3n) is 13.7. The van der Waals surface area contributed by atoms with Gasteiger partial charge in [0.2, 0.25) is 0 Å². The highest BCUT2D eigenvalue weighted by Crippen LogP contribution is 2.34. The Morgan fingerprint density at radius 1 is 0.396 bits per heavy atom. The molecule has 548 valence electrons. The van der Waals surface area contributed by atoms with Crippen molar-refractivity contribution in [3.8, 4) is 0 Å². The molecule has 10 aromatic rings. The summed E-state index contributed by atoms with van der Waals surface area (Å²) in [6.07, 6.45) is -3.99. The van der Waals surface area contributed by atoms with Crippen LogP contribution in [0, 0.1) is 63.7 Å². The lowest BCUT2D eigenvalue weighted by Gasteiger charge is -2.23. The van der Waals surface area contributed by atoms with Gasteiger partial charge in [0.15, 0.2) is 0 Å². The molecule has 32 heteroatoms. The Bertz CT molecular complexity index is 5070. The van der Waals surface area contributed by atoms with Crippen molar-refractivity contribution in [1.29, 1.82) is 0 Å². The quantitative estimate of drug-likeness (QED) is 0.0108. The highest BCUT2D eigenvalue weighted by molar-refractivity contribution is 5.93. The zero-order chi connectivity index (χ0) is 83.8. The second-order valence-electron chi connectivity index (χ2n) is 21.2. The average molecular weight is 1470 g/mol. The summed E-state index contributed by atoms with van der Waals surface area (Å²) in [4.78, 5) is 92.7. The van der Waals surface area contributed by atoms with Crippen LogP contribution in [0.5, 0.6) is 0 Å². The molecular weight excluding hydrogens is 1390 g/mol. The Morgan fingerprint density at radius 2 is 0.708 bits per heavy atom. The van der Waals surface area contributed by atoms with Gasteiger partial charge in [-0.2, -0.15) is 0 Å². The van der Waals surface area contributed by atoms with Crippen molar-refractivity contribution in [2.24, 2.45) is 0 Å². The van der Waals surface area contributed by atoms with E-state index in [-0.39, 0.29) is 99.9 Å². The van der Waals surface area contributed by atoms with Gasteiger partial charge in [0.25, 0.3) is 22.7 Å². The Labute approximate surface area is 613 Å². The second-order valence-corrected chi connectivity index (χ2v) is 21.2. The standard InChI is InChI=1S/C24H22FN3O6.C21H18FN3O4.C16H16FN3O4.C13H12FN3O2/c1-2-33-23(29)26-21-13-12-20(14-22(21)28(31)32)27(15-17-8-10-19(25)11-9-17)24(30)34-16-18-6-4-3-5-7-18;22-17-8-6-15(7-9-17)13-24(18-10-11-19(23)20(12-18)25(27)28)21(26)29-14-16-4-2-1-3-5-16;1-2-24-16(21)19-14-8-7-13(9-15(14)20(22)23)18-10-11-3-5-12(17)6-4-11;14-10-3-1-9(2-4-10)8-16-11-5-6-12(15)13(7-11)17(18)19/h3-14H,2,15-16H2,1H3,(H,26,29);1-12H,13-14,23H2;3-9,18H,2,10H2,1H3,(H,19,21);1-7,16H,8,15H2/i15D2;13D2;10D2;8D2. The minimum Gasteiger partial charge on any atom is -0.450 e. The van der Waals surface area contributed by atoms with E-state index in [1.165, 1.54) is 78.9 Å². The molecular formula is C74H68F4N12O16. The molecule has 0 aliphatic rings. The van der Waals surface area contributed by atoms with Crippen molar-refractivity contribution in [1.82, 2.24) is 0 Å². The van der Waals surface area contributed by atoms with Gasteiger partial charge in [-0.25, -0.2) is 36.7 Å². The second kappa shape index (κ2) is 39.7. The number of hydrogen-bond acceptors (Lipinski definition) is 20. The van der Waals surface area contributed by atoms with Crippen LogP contribution in [-0.2, 0) is 58.1 Å². The van der Waals surface area contributed by atoms with Crippen molar-refractivity contribution in [2.75, 3.05) is 55.7 Å². The van der Waals surface area contributed by atoms with E-state index in [1.807, 2.05) is 0 Å². The van der Waals surface area contributed by atoms with Crippen LogP contribution < -0.4 is 42.5 Å². The number of carbonyl (C=O) groups is 4. The van der Waals surface area contributed by atoms with Crippen LogP contribution in [0.25, 0.3) is 0 Å². The van der Waals surface area contributed by atoms with E-state index in [2.05, 4.69) is 26.0 Å². The van der Waals surface area contributed by atoms with Gasteiger partial charge in [0.05, 0.1) is 68.2 Å². The van der Waals surface area contributed by atoms with Crippen LogP contribution in [0.4, 0.5) is 105 Å². The number of halogens is 4. The van der Waals surface area contributed by atoms with E-state index >= 15 is 0 Å². The molecule has 10 rings (SSSR count). The Kier molecular flexibility index (Phi) is 25.3. The maximum absolute atomic E-state index is 13.5.